The van der Waals surface area contributed by atoms with Crippen molar-refractivity contribution in [2.24, 2.45) is 0 Å². The molecule has 5 nitrogen and oxygen atoms in total. The van der Waals surface area contributed by atoms with Gasteiger partial charge in [-0.1, -0.05) is 0 Å². The number of hydrogen-bond donors (Lipinski definition) is 0. The predicted molar refractivity (Wildman–Crippen MR) is 80.2 cm³/mol. The highest BCUT2D eigenvalue weighted by Gasteiger charge is 2.08. The van der Waals surface area contributed by atoms with Gasteiger partial charge in [0.25, 0.3) is 0 Å². The molecule has 0 unspecified atom stereocenters. The summed E-state index contributed by atoms with van der Waals surface area (Å²) in [6.07, 6.45) is 1.74. The molecule has 2 rings (SSSR count). The van der Waals surface area contributed by atoms with Crippen LogP contribution < -0.4 is 0 Å². The summed E-state index contributed by atoms with van der Waals surface area (Å²) in [5.74, 6) is -0.646. The molecule has 120 valence electrons. The van der Waals surface area contributed by atoms with E-state index in [1.807, 2.05) is 6.92 Å². The fraction of sp³-hybridized carbons (Fsp3) is 0.438. The molecule has 0 fully saturated rings. The number of nitrogens with zero attached hydrogens (tertiary/aromatic N) is 1. The first-order valence-corrected chi connectivity index (χ1v) is 7.26. The number of rotatable bonds is 9. The minimum Gasteiger partial charge on any atom is -0.462 e. The fourth-order valence-electron chi connectivity index (χ4n) is 2.07. The first-order chi connectivity index (χ1) is 10.7. The lowest BCUT2D eigenvalue weighted by Gasteiger charge is -2.08. The normalized spacial score (nSPS) is 11.0. The Kier molecular flexibility index (Phi) is 6.36. The molecular formula is C16H20FNO4. The van der Waals surface area contributed by atoms with E-state index in [0.717, 1.165) is 10.9 Å². The van der Waals surface area contributed by atoms with Crippen LogP contribution in [0.15, 0.2) is 30.5 Å². The molecule has 0 bridgehead atoms. The second-order valence-electron chi connectivity index (χ2n) is 4.68. The Morgan fingerprint density at radius 3 is 2.73 bits per heavy atom. The molecule has 22 heavy (non-hydrogen) atoms. The first kappa shape index (κ1) is 16.5. The summed E-state index contributed by atoms with van der Waals surface area (Å²) in [6, 6.07) is 6.22. The topological polar surface area (TPSA) is 49.7 Å². The zero-order chi connectivity index (χ0) is 15.8. The average Bonchev–Trinajstić information content (AvgIpc) is 2.88. The van der Waals surface area contributed by atoms with Gasteiger partial charge >= 0.3 is 5.97 Å². The van der Waals surface area contributed by atoms with E-state index >= 15 is 0 Å². The maximum atomic E-state index is 13.1. The second kappa shape index (κ2) is 8.51. The van der Waals surface area contributed by atoms with E-state index in [4.69, 9.17) is 14.2 Å². The van der Waals surface area contributed by atoms with E-state index < -0.39 is 0 Å². The number of esters is 1. The quantitative estimate of drug-likeness (QED) is 0.527. The lowest BCUT2D eigenvalue weighted by molar-refractivity contribution is -0.145. The number of carbonyl (C=O) groups is 1. The number of benzene rings is 1. The summed E-state index contributed by atoms with van der Waals surface area (Å²) in [5, 5.41) is 0.757. The third kappa shape index (κ3) is 4.82. The molecule has 2 aromatic rings. The van der Waals surface area contributed by atoms with E-state index in [0.29, 0.717) is 26.4 Å². The van der Waals surface area contributed by atoms with Gasteiger partial charge in [0, 0.05) is 23.7 Å². The van der Waals surface area contributed by atoms with Crippen molar-refractivity contribution >= 4 is 16.9 Å². The Hall–Kier alpha value is -1.92. The minimum atomic E-state index is -0.352. The highest BCUT2D eigenvalue weighted by atomic mass is 19.1. The van der Waals surface area contributed by atoms with Crippen LogP contribution in [0, 0.1) is 5.82 Å². The van der Waals surface area contributed by atoms with Crippen LogP contribution in [0.1, 0.15) is 6.92 Å². The molecular weight excluding hydrogens is 289 g/mol. The summed E-state index contributed by atoms with van der Waals surface area (Å²) < 4.78 is 30.3. The molecule has 0 saturated heterocycles. The zero-order valence-electron chi connectivity index (χ0n) is 12.6. The van der Waals surface area contributed by atoms with Gasteiger partial charge in [-0.15, -0.1) is 0 Å². The van der Waals surface area contributed by atoms with Crippen molar-refractivity contribution in [2.75, 3.05) is 33.0 Å². The summed E-state index contributed by atoms with van der Waals surface area (Å²) in [6.45, 7) is 4.24. The highest BCUT2D eigenvalue weighted by molar-refractivity contribution is 5.82. The van der Waals surface area contributed by atoms with Crippen LogP contribution in [-0.2, 0) is 25.5 Å². The standard InChI is InChI=1S/C16H20FNO4/c1-2-20-7-8-21-9-10-22-16(19)12-18-6-5-13-11-14(17)3-4-15(13)18/h3-6,11H,2,7-10,12H2,1H3. The lowest BCUT2D eigenvalue weighted by Crippen LogP contribution is -2.16. The Balaban J connectivity index is 1.72. The highest BCUT2D eigenvalue weighted by Crippen LogP contribution is 2.17. The molecule has 0 radical (unpaired) electrons. The van der Waals surface area contributed by atoms with Gasteiger partial charge in [0.05, 0.1) is 19.8 Å². The van der Waals surface area contributed by atoms with Crippen molar-refractivity contribution in [1.82, 2.24) is 4.57 Å². The molecule has 6 heteroatoms. The summed E-state index contributed by atoms with van der Waals surface area (Å²) in [4.78, 5) is 11.8. The second-order valence-corrected chi connectivity index (χ2v) is 4.68. The van der Waals surface area contributed by atoms with E-state index in [1.165, 1.54) is 12.1 Å². The van der Waals surface area contributed by atoms with E-state index in [9.17, 15) is 9.18 Å². The number of fused-ring (bicyclic) bond motifs is 1. The van der Waals surface area contributed by atoms with Crippen LogP contribution in [0.2, 0.25) is 0 Å². The minimum absolute atomic E-state index is 0.0913. The van der Waals surface area contributed by atoms with E-state index in [2.05, 4.69) is 0 Å². The fourth-order valence-corrected chi connectivity index (χ4v) is 2.07. The number of aromatic nitrogens is 1. The Morgan fingerprint density at radius 1 is 1.14 bits per heavy atom. The monoisotopic (exact) mass is 309 g/mol. The maximum absolute atomic E-state index is 13.1. The third-order valence-electron chi connectivity index (χ3n) is 3.10. The summed E-state index contributed by atoms with van der Waals surface area (Å²) in [7, 11) is 0. The molecule has 0 aliphatic rings. The Morgan fingerprint density at radius 2 is 1.91 bits per heavy atom. The molecule has 1 heterocycles. The summed E-state index contributed by atoms with van der Waals surface area (Å²) >= 11 is 0. The molecule has 0 amide bonds. The number of halogens is 1. The average molecular weight is 309 g/mol. The smallest absolute Gasteiger partial charge is 0.326 e. The lowest BCUT2D eigenvalue weighted by atomic mass is 10.2. The van der Waals surface area contributed by atoms with Gasteiger partial charge in [-0.25, -0.2) is 4.39 Å². The summed E-state index contributed by atoms with van der Waals surface area (Å²) in [5.41, 5.74) is 0.798. The van der Waals surface area contributed by atoms with E-state index in [-0.39, 0.29) is 24.9 Å². The SMILES string of the molecule is CCOCCOCCOC(=O)Cn1ccc2cc(F)ccc21. The number of ether oxygens (including phenoxy) is 3. The van der Waals surface area contributed by atoms with E-state index in [1.54, 1.807) is 22.9 Å². The van der Waals surface area contributed by atoms with Crippen molar-refractivity contribution in [3.8, 4) is 0 Å². The van der Waals surface area contributed by atoms with Crippen molar-refractivity contribution in [1.29, 1.82) is 0 Å². The zero-order valence-corrected chi connectivity index (χ0v) is 12.6. The van der Waals surface area contributed by atoms with Gasteiger partial charge in [-0.05, 0) is 31.2 Å². The van der Waals surface area contributed by atoms with Crippen molar-refractivity contribution in [3.63, 3.8) is 0 Å². The van der Waals surface area contributed by atoms with Gasteiger partial charge in [-0.2, -0.15) is 0 Å². The maximum Gasteiger partial charge on any atom is 0.326 e. The van der Waals surface area contributed by atoms with Crippen molar-refractivity contribution in [2.45, 2.75) is 13.5 Å². The van der Waals surface area contributed by atoms with Crippen molar-refractivity contribution < 1.29 is 23.4 Å². The van der Waals surface area contributed by atoms with Gasteiger partial charge in [-0.3, -0.25) is 4.79 Å². The molecule has 0 aliphatic heterocycles. The third-order valence-corrected chi connectivity index (χ3v) is 3.10. The van der Waals surface area contributed by atoms with Gasteiger partial charge in [0.2, 0.25) is 0 Å². The molecule has 0 aliphatic carbocycles. The Labute approximate surface area is 128 Å². The Bertz CT molecular complexity index is 611. The van der Waals surface area contributed by atoms with Crippen LogP contribution in [0.4, 0.5) is 4.39 Å². The van der Waals surface area contributed by atoms with Crippen molar-refractivity contribution in [3.05, 3.63) is 36.3 Å². The van der Waals surface area contributed by atoms with Gasteiger partial charge in [0.1, 0.15) is 19.0 Å². The van der Waals surface area contributed by atoms with Gasteiger partial charge in [0.15, 0.2) is 0 Å². The van der Waals surface area contributed by atoms with Crippen LogP contribution in [0.3, 0.4) is 0 Å². The van der Waals surface area contributed by atoms with Crippen LogP contribution in [0.5, 0.6) is 0 Å². The molecule has 1 aromatic carbocycles. The number of carbonyl (C=O) groups excluding carboxylic acids is 1. The molecule has 0 saturated carbocycles. The van der Waals surface area contributed by atoms with Gasteiger partial charge < -0.3 is 18.8 Å². The van der Waals surface area contributed by atoms with Crippen LogP contribution in [0.25, 0.3) is 10.9 Å². The molecule has 1 aromatic heterocycles. The van der Waals surface area contributed by atoms with Crippen LogP contribution >= 0.6 is 0 Å². The van der Waals surface area contributed by atoms with Crippen LogP contribution in [-0.4, -0.2) is 43.6 Å². The predicted octanol–water partition coefficient (Wildman–Crippen LogP) is 2.38. The largest absolute Gasteiger partial charge is 0.462 e. The molecule has 0 spiro atoms. The number of hydrogen-bond acceptors (Lipinski definition) is 4. The molecule has 0 atom stereocenters. The first-order valence-electron chi connectivity index (χ1n) is 7.26. The molecule has 0 N–H and O–H groups in total.